The van der Waals surface area contributed by atoms with Gasteiger partial charge in [0.25, 0.3) is 0 Å². The average molecular weight is 296 g/mol. The van der Waals surface area contributed by atoms with Crippen LogP contribution >= 0.6 is 11.3 Å². The lowest BCUT2D eigenvalue weighted by Crippen LogP contribution is -2.41. The van der Waals surface area contributed by atoms with Crippen molar-refractivity contribution in [2.75, 3.05) is 33.2 Å². The third-order valence-corrected chi connectivity index (χ3v) is 3.86. The SMILES string of the molecule is CCCCN(C)CCNC(=NCc1cccs1)NCC. The summed E-state index contributed by atoms with van der Waals surface area (Å²) in [5.41, 5.74) is 0. The van der Waals surface area contributed by atoms with Crippen LogP contribution in [0.3, 0.4) is 0 Å². The number of guanidine groups is 1. The van der Waals surface area contributed by atoms with E-state index in [4.69, 9.17) is 0 Å². The third kappa shape index (κ3) is 7.50. The number of hydrogen-bond donors (Lipinski definition) is 2. The predicted molar refractivity (Wildman–Crippen MR) is 89.5 cm³/mol. The molecule has 0 saturated heterocycles. The van der Waals surface area contributed by atoms with Crippen LogP contribution in [0, 0.1) is 0 Å². The van der Waals surface area contributed by atoms with E-state index >= 15 is 0 Å². The molecule has 0 radical (unpaired) electrons. The second kappa shape index (κ2) is 10.7. The van der Waals surface area contributed by atoms with Gasteiger partial charge in [-0.1, -0.05) is 19.4 Å². The van der Waals surface area contributed by atoms with Crippen LogP contribution in [0.4, 0.5) is 0 Å². The van der Waals surface area contributed by atoms with Gasteiger partial charge in [0.1, 0.15) is 0 Å². The van der Waals surface area contributed by atoms with Crippen LogP contribution in [0.5, 0.6) is 0 Å². The fourth-order valence-electron chi connectivity index (χ4n) is 1.81. The maximum absolute atomic E-state index is 4.60. The molecule has 20 heavy (non-hydrogen) atoms. The zero-order valence-corrected chi connectivity index (χ0v) is 13.8. The molecule has 0 amide bonds. The summed E-state index contributed by atoms with van der Waals surface area (Å²) in [6.45, 7) is 9.10. The van der Waals surface area contributed by atoms with Crippen LogP contribution < -0.4 is 10.6 Å². The van der Waals surface area contributed by atoms with Gasteiger partial charge in [0.15, 0.2) is 5.96 Å². The van der Waals surface area contributed by atoms with Gasteiger partial charge >= 0.3 is 0 Å². The molecule has 1 aromatic heterocycles. The molecule has 2 N–H and O–H groups in total. The summed E-state index contributed by atoms with van der Waals surface area (Å²) >= 11 is 1.75. The Bertz CT molecular complexity index is 362. The van der Waals surface area contributed by atoms with Crippen molar-refractivity contribution in [2.24, 2.45) is 4.99 Å². The van der Waals surface area contributed by atoms with Gasteiger partial charge in [0, 0.05) is 24.5 Å². The Balaban J connectivity index is 2.29. The molecule has 0 saturated carbocycles. The topological polar surface area (TPSA) is 39.7 Å². The Morgan fingerprint density at radius 1 is 1.30 bits per heavy atom. The Labute approximate surface area is 127 Å². The first-order chi connectivity index (χ1) is 9.76. The number of unbranched alkanes of at least 4 members (excludes halogenated alkanes) is 1. The Morgan fingerprint density at radius 2 is 2.15 bits per heavy atom. The van der Waals surface area contributed by atoms with Gasteiger partial charge < -0.3 is 15.5 Å². The highest BCUT2D eigenvalue weighted by Crippen LogP contribution is 2.09. The molecule has 0 fully saturated rings. The minimum atomic E-state index is 0.749. The van der Waals surface area contributed by atoms with E-state index in [9.17, 15) is 0 Å². The summed E-state index contributed by atoms with van der Waals surface area (Å²) in [5.74, 6) is 0.907. The molecule has 0 aliphatic rings. The number of thiophene rings is 1. The van der Waals surface area contributed by atoms with Crippen LogP contribution in [-0.4, -0.2) is 44.1 Å². The lowest BCUT2D eigenvalue weighted by molar-refractivity contribution is 0.332. The summed E-state index contributed by atoms with van der Waals surface area (Å²) in [7, 11) is 2.17. The number of rotatable bonds is 9. The summed E-state index contributed by atoms with van der Waals surface area (Å²) < 4.78 is 0. The number of aliphatic imine (C=N–C) groups is 1. The average Bonchev–Trinajstić information content (AvgIpc) is 2.95. The molecule has 4 nitrogen and oxygen atoms in total. The number of hydrogen-bond acceptors (Lipinski definition) is 3. The zero-order valence-electron chi connectivity index (χ0n) is 13.0. The smallest absolute Gasteiger partial charge is 0.191 e. The normalized spacial score (nSPS) is 11.9. The molecule has 0 aliphatic carbocycles. The molecule has 1 aromatic rings. The van der Waals surface area contributed by atoms with Crippen molar-refractivity contribution in [2.45, 2.75) is 33.2 Å². The quantitative estimate of drug-likeness (QED) is 0.543. The maximum Gasteiger partial charge on any atom is 0.191 e. The van der Waals surface area contributed by atoms with Gasteiger partial charge in [-0.15, -0.1) is 11.3 Å². The molecule has 0 unspecified atom stereocenters. The van der Waals surface area contributed by atoms with E-state index in [-0.39, 0.29) is 0 Å². The first kappa shape index (κ1) is 17.0. The Kier molecular flexibility index (Phi) is 9.07. The molecular weight excluding hydrogens is 268 g/mol. The van der Waals surface area contributed by atoms with Crippen molar-refractivity contribution in [1.82, 2.24) is 15.5 Å². The molecule has 114 valence electrons. The highest BCUT2D eigenvalue weighted by molar-refractivity contribution is 7.09. The molecule has 1 heterocycles. The summed E-state index contributed by atoms with van der Waals surface area (Å²) in [6, 6.07) is 4.19. The van der Waals surface area contributed by atoms with Gasteiger partial charge in [-0.2, -0.15) is 0 Å². The second-order valence-electron chi connectivity index (χ2n) is 4.86. The highest BCUT2D eigenvalue weighted by Gasteiger charge is 2.00. The van der Waals surface area contributed by atoms with Gasteiger partial charge in [-0.05, 0) is 38.4 Å². The van der Waals surface area contributed by atoms with E-state index in [0.29, 0.717) is 0 Å². The lowest BCUT2D eigenvalue weighted by atomic mass is 10.3. The van der Waals surface area contributed by atoms with Crippen LogP contribution in [0.2, 0.25) is 0 Å². The van der Waals surface area contributed by atoms with E-state index in [1.165, 1.54) is 24.3 Å². The van der Waals surface area contributed by atoms with E-state index in [0.717, 1.165) is 32.1 Å². The van der Waals surface area contributed by atoms with Gasteiger partial charge in [-0.3, -0.25) is 0 Å². The van der Waals surface area contributed by atoms with Crippen LogP contribution in [0.25, 0.3) is 0 Å². The van der Waals surface area contributed by atoms with Crippen molar-refractivity contribution >= 4 is 17.3 Å². The molecular formula is C15H28N4S. The highest BCUT2D eigenvalue weighted by atomic mass is 32.1. The van der Waals surface area contributed by atoms with Gasteiger partial charge in [0.2, 0.25) is 0 Å². The molecule has 0 bridgehead atoms. The summed E-state index contributed by atoms with van der Waals surface area (Å²) in [4.78, 5) is 8.26. The maximum atomic E-state index is 4.60. The van der Waals surface area contributed by atoms with Crippen LogP contribution in [0.1, 0.15) is 31.6 Å². The van der Waals surface area contributed by atoms with E-state index in [1.54, 1.807) is 11.3 Å². The summed E-state index contributed by atoms with van der Waals surface area (Å²) in [6.07, 6.45) is 2.52. The first-order valence-electron chi connectivity index (χ1n) is 7.49. The van der Waals surface area contributed by atoms with Crippen molar-refractivity contribution in [3.05, 3.63) is 22.4 Å². The third-order valence-electron chi connectivity index (χ3n) is 3.00. The Hall–Kier alpha value is -1.07. The molecule has 0 aliphatic heterocycles. The van der Waals surface area contributed by atoms with E-state index < -0.39 is 0 Å². The minimum absolute atomic E-state index is 0.749. The van der Waals surface area contributed by atoms with Gasteiger partial charge in [-0.25, -0.2) is 4.99 Å². The van der Waals surface area contributed by atoms with Crippen molar-refractivity contribution in [1.29, 1.82) is 0 Å². The van der Waals surface area contributed by atoms with Crippen molar-refractivity contribution < 1.29 is 0 Å². The monoisotopic (exact) mass is 296 g/mol. The lowest BCUT2D eigenvalue weighted by Gasteiger charge is -2.17. The number of nitrogens with one attached hydrogen (secondary N) is 2. The van der Waals surface area contributed by atoms with E-state index in [1.807, 2.05) is 0 Å². The minimum Gasteiger partial charge on any atom is -0.357 e. The fraction of sp³-hybridized carbons (Fsp3) is 0.667. The van der Waals surface area contributed by atoms with Crippen LogP contribution in [-0.2, 0) is 6.54 Å². The molecule has 0 atom stereocenters. The molecule has 0 spiro atoms. The molecule has 1 rings (SSSR count). The van der Waals surface area contributed by atoms with Gasteiger partial charge in [0.05, 0.1) is 6.54 Å². The number of nitrogens with zero attached hydrogens (tertiary/aromatic N) is 2. The Morgan fingerprint density at radius 3 is 2.80 bits per heavy atom. The predicted octanol–water partition coefficient (Wildman–Crippen LogP) is 2.54. The molecule has 5 heteroatoms. The number of likely N-dealkylation sites (N-methyl/N-ethyl adjacent to an activating group) is 1. The van der Waals surface area contributed by atoms with Crippen molar-refractivity contribution in [3.8, 4) is 0 Å². The second-order valence-corrected chi connectivity index (χ2v) is 5.89. The van der Waals surface area contributed by atoms with E-state index in [2.05, 4.69) is 58.9 Å². The van der Waals surface area contributed by atoms with Crippen LogP contribution in [0.15, 0.2) is 22.5 Å². The molecule has 0 aromatic carbocycles. The standard InChI is InChI=1S/C15H28N4S/c1-4-6-10-19(3)11-9-17-15(16-5-2)18-13-14-8-7-12-20-14/h7-8,12H,4-6,9-11,13H2,1-3H3,(H2,16,17,18). The zero-order chi connectivity index (χ0) is 14.6. The largest absolute Gasteiger partial charge is 0.357 e. The fourth-order valence-corrected chi connectivity index (χ4v) is 2.43. The summed E-state index contributed by atoms with van der Waals surface area (Å²) in [5, 5.41) is 8.77. The first-order valence-corrected chi connectivity index (χ1v) is 8.37. The van der Waals surface area contributed by atoms with Crippen molar-refractivity contribution in [3.63, 3.8) is 0 Å².